The van der Waals surface area contributed by atoms with Gasteiger partial charge in [-0.3, -0.25) is 0 Å². The summed E-state index contributed by atoms with van der Waals surface area (Å²) in [6.07, 6.45) is 0. The first-order valence-corrected chi connectivity index (χ1v) is 5.57. The highest BCUT2D eigenvalue weighted by Crippen LogP contribution is 2.29. The van der Waals surface area contributed by atoms with Gasteiger partial charge in [-0.15, -0.1) is 0 Å². The van der Waals surface area contributed by atoms with Gasteiger partial charge < -0.3 is 11.1 Å². The molecule has 0 atom stereocenters. The second-order valence-corrected chi connectivity index (χ2v) is 5.04. The minimum atomic E-state index is -0.534. The van der Waals surface area contributed by atoms with E-state index in [0.717, 1.165) is 5.56 Å². The van der Waals surface area contributed by atoms with E-state index in [1.54, 1.807) is 12.1 Å². The van der Waals surface area contributed by atoms with Crippen molar-refractivity contribution in [2.24, 2.45) is 5.73 Å². The van der Waals surface area contributed by atoms with Crippen LogP contribution in [0.15, 0.2) is 18.2 Å². The summed E-state index contributed by atoms with van der Waals surface area (Å²) < 4.78 is 0. The second-order valence-electron chi connectivity index (χ2n) is 4.23. The number of carbonyl (C=O) groups excluding carboxylic acids is 1. The van der Waals surface area contributed by atoms with Crippen LogP contribution in [-0.4, -0.2) is 12.6 Å². The first kappa shape index (κ1) is 13.1. The first-order chi connectivity index (χ1) is 7.33. The van der Waals surface area contributed by atoms with Crippen molar-refractivity contribution in [2.45, 2.75) is 19.3 Å². The molecule has 3 nitrogen and oxygen atoms in total. The van der Waals surface area contributed by atoms with E-state index in [0.29, 0.717) is 16.6 Å². The third kappa shape index (κ3) is 3.29. The Morgan fingerprint density at radius 3 is 2.50 bits per heavy atom. The summed E-state index contributed by atoms with van der Waals surface area (Å²) in [7, 11) is 0. The average Bonchev–Trinajstić information content (AvgIpc) is 2.19. The van der Waals surface area contributed by atoms with E-state index in [1.165, 1.54) is 0 Å². The molecule has 0 aliphatic heterocycles. The number of urea groups is 1. The quantitative estimate of drug-likeness (QED) is 0.863. The van der Waals surface area contributed by atoms with Gasteiger partial charge in [0.25, 0.3) is 0 Å². The Morgan fingerprint density at radius 1 is 1.38 bits per heavy atom. The summed E-state index contributed by atoms with van der Waals surface area (Å²) in [6, 6.07) is 4.89. The van der Waals surface area contributed by atoms with Gasteiger partial charge in [0.05, 0.1) is 10.0 Å². The highest BCUT2D eigenvalue weighted by molar-refractivity contribution is 6.42. The fourth-order valence-corrected chi connectivity index (χ4v) is 1.63. The van der Waals surface area contributed by atoms with Gasteiger partial charge in [0.15, 0.2) is 0 Å². The third-order valence-electron chi connectivity index (χ3n) is 2.41. The van der Waals surface area contributed by atoms with Crippen molar-refractivity contribution >= 4 is 29.2 Å². The molecule has 0 fully saturated rings. The highest BCUT2D eigenvalue weighted by atomic mass is 35.5. The molecule has 0 bridgehead atoms. The first-order valence-electron chi connectivity index (χ1n) is 4.82. The van der Waals surface area contributed by atoms with Crippen molar-refractivity contribution in [1.29, 1.82) is 0 Å². The van der Waals surface area contributed by atoms with Crippen molar-refractivity contribution < 1.29 is 4.79 Å². The fourth-order valence-electron chi connectivity index (χ4n) is 1.33. The van der Waals surface area contributed by atoms with Crippen LogP contribution in [0.25, 0.3) is 0 Å². The van der Waals surface area contributed by atoms with Gasteiger partial charge in [0.2, 0.25) is 0 Å². The molecular formula is C11H14Cl2N2O. The summed E-state index contributed by atoms with van der Waals surface area (Å²) in [5, 5.41) is 3.60. The van der Waals surface area contributed by atoms with E-state index < -0.39 is 6.03 Å². The topological polar surface area (TPSA) is 55.1 Å². The molecule has 0 radical (unpaired) electrons. The van der Waals surface area contributed by atoms with Crippen LogP contribution in [0.1, 0.15) is 19.4 Å². The fraction of sp³-hybridized carbons (Fsp3) is 0.364. The van der Waals surface area contributed by atoms with E-state index in [-0.39, 0.29) is 5.41 Å². The Kier molecular flexibility index (Phi) is 4.05. The Morgan fingerprint density at radius 2 is 2.00 bits per heavy atom. The number of hydrogen-bond acceptors (Lipinski definition) is 1. The summed E-state index contributed by atoms with van der Waals surface area (Å²) in [6.45, 7) is 4.42. The van der Waals surface area contributed by atoms with Gasteiger partial charge >= 0.3 is 6.03 Å². The minimum absolute atomic E-state index is 0.247. The van der Waals surface area contributed by atoms with Crippen LogP contribution in [0, 0.1) is 0 Å². The van der Waals surface area contributed by atoms with Crippen LogP contribution in [0.5, 0.6) is 0 Å². The van der Waals surface area contributed by atoms with E-state index >= 15 is 0 Å². The van der Waals surface area contributed by atoms with Crippen molar-refractivity contribution in [2.75, 3.05) is 6.54 Å². The third-order valence-corrected chi connectivity index (χ3v) is 3.14. The monoisotopic (exact) mass is 260 g/mol. The summed E-state index contributed by atoms with van der Waals surface area (Å²) >= 11 is 11.8. The number of amides is 2. The maximum Gasteiger partial charge on any atom is 0.312 e. The largest absolute Gasteiger partial charge is 0.352 e. The van der Waals surface area contributed by atoms with Crippen molar-refractivity contribution in [3.05, 3.63) is 33.8 Å². The van der Waals surface area contributed by atoms with Crippen LogP contribution < -0.4 is 11.1 Å². The molecule has 0 aliphatic carbocycles. The van der Waals surface area contributed by atoms with Gasteiger partial charge in [-0.1, -0.05) is 43.1 Å². The predicted octanol–water partition coefficient (Wildman–Crippen LogP) is 2.94. The molecule has 3 N–H and O–H groups in total. The van der Waals surface area contributed by atoms with E-state index in [4.69, 9.17) is 28.9 Å². The number of benzene rings is 1. The number of halogens is 2. The SMILES string of the molecule is CC(C)(CNC(N)=O)c1ccc(Cl)c(Cl)c1. The van der Waals surface area contributed by atoms with E-state index in [1.807, 2.05) is 19.9 Å². The number of rotatable bonds is 3. The van der Waals surface area contributed by atoms with Gasteiger partial charge in [-0.25, -0.2) is 4.79 Å². The minimum Gasteiger partial charge on any atom is -0.352 e. The number of carbonyl (C=O) groups is 1. The lowest BCUT2D eigenvalue weighted by Gasteiger charge is -2.25. The summed E-state index contributed by atoms with van der Waals surface area (Å²) in [5.41, 5.74) is 5.78. The number of primary amides is 1. The van der Waals surface area contributed by atoms with Crippen molar-refractivity contribution in [3.8, 4) is 0 Å². The molecule has 0 aromatic heterocycles. The maximum atomic E-state index is 10.7. The molecule has 16 heavy (non-hydrogen) atoms. The lowest BCUT2D eigenvalue weighted by molar-refractivity contribution is 0.246. The molecular weight excluding hydrogens is 247 g/mol. The Hall–Kier alpha value is -0.930. The predicted molar refractivity (Wildman–Crippen MR) is 67.1 cm³/mol. The zero-order valence-corrected chi connectivity index (χ0v) is 10.7. The van der Waals surface area contributed by atoms with Crippen molar-refractivity contribution in [1.82, 2.24) is 5.32 Å². The lowest BCUT2D eigenvalue weighted by Crippen LogP contribution is -2.39. The molecule has 5 heteroatoms. The van der Waals surface area contributed by atoms with Gasteiger partial charge in [-0.2, -0.15) is 0 Å². The van der Waals surface area contributed by atoms with Crippen LogP contribution in [-0.2, 0) is 5.41 Å². The van der Waals surface area contributed by atoms with Crippen LogP contribution in [0.2, 0.25) is 10.0 Å². The number of nitrogens with one attached hydrogen (secondary N) is 1. The zero-order valence-electron chi connectivity index (χ0n) is 9.18. The molecule has 2 amide bonds. The molecule has 0 aliphatic rings. The highest BCUT2D eigenvalue weighted by Gasteiger charge is 2.21. The van der Waals surface area contributed by atoms with Crippen LogP contribution in [0.4, 0.5) is 4.79 Å². The maximum absolute atomic E-state index is 10.7. The molecule has 0 heterocycles. The summed E-state index contributed by atoms with van der Waals surface area (Å²) in [5.74, 6) is 0. The normalized spacial score (nSPS) is 11.2. The molecule has 1 aromatic rings. The molecule has 1 rings (SSSR count). The lowest BCUT2D eigenvalue weighted by atomic mass is 9.84. The summed E-state index contributed by atoms with van der Waals surface area (Å²) in [4.78, 5) is 10.7. The molecule has 88 valence electrons. The van der Waals surface area contributed by atoms with Gasteiger partial charge in [0, 0.05) is 12.0 Å². The molecule has 0 unspecified atom stereocenters. The number of nitrogens with two attached hydrogens (primary N) is 1. The zero-order chi connectivity index (χ0) is 12.3. The second kappa shape index (κ2) is 4.93. The Bertz CT molecular complexity index is 405. The Labute approximate surface area is 105 Å². The molecule has 0 spiro atoms. The number of hydrogen-bond donors (Lipinski definition) is 2. The van der Waals surface area contributed by atoms with Gasteiger partial charge in [-0.05, 0) is 17.7 Å². The van der Waals surface area contributed by atoms with Crippen molar-refractivity contribution in [3.63, 3.8) is 0 Å². The Balaban J connectivity index is 2.88. The van der Waals surface area contributed by atoms with E-state index in [2.05, 4.69) is 5.32 Å². The average molecular weight is 261 g/mol. The van der Waals surface area contributed by atoms with Crippen LogP contribution >= 0.6 is 23.2 Å². The molecule has 1 aromatic carbocycles. The standard InChI is InChI=1S/C11H14Cl2N2O/c1-11(2,6-15-10(14)16)7-3-4-8(12)9(13)5-7/h3-5H,6H2,1-2H3,(H3,14,15,16). The van der Waals surface area contributed by atoms with E-state index in [9.17, 15) is 4.79 Å². The van der Waals surface area contributed by atoms with Crippen LogP contribution in [0.3, 0.4) is 0 Å². The van der Waals surface area contributed by atoms with Gasteiger partial charge in [0.1, 0.15) is 0 Å². The molecule has 0 saturated heterocycles. The molecule has 0 saturated carbocycles. The smallest absolute Gasteiger partial charge is 0.312 e.